The summed E-state index contributed by atoms with van der Waals surface area (Å²) in [7, 11) is 0. The Morgan fingerprint density at radius 1 is 0.472 bits per heavy atom. The van der Waals surface area contributed by atoms with Gasteiger partial charge in [-0.25, -0.2) is 14.4 Å². The number of amides is 6. The third kappa shape index (κ3) is 11.9. The van der Waals surface area contributed by atoms with Crippen LogP contribution in [0.15, 0.2) is 54.6 Å². The van der Waals surface area contributed by atoms with Crippen molar-refractivity contribution in [2.24, 2.45) is 5.41 Å². The van der Waals surface area contributed by atoms with Crippen molar-refractivity contribution in [3.63, 3.8) is 0 Å². The molecular formula is C51H47N3O18. The number of imide groups is 3. The quantitative estimate of drug-likeness (QED) is 0.0458. The smallest absolute Gasteiger partial charge is 0.338 e. The van der Waals surface area contributed by atoms with Crippen molar-refractivity contribution < 1.29 is 86.9 Å². The SMILES string of the molecule is C#CCN1C(=O)c2ccc(C(=O)OCC(O)COCC(CC)(COCC(O)COC(=O)c3ccc4c(c3)C(=O)N(CC#C)C4=O)COCC(O)COC(=O)c3ccc4c(c3)C(=O)N(CC#C)C4=O)cc2C1=O. The third-order valence-corrected chi connectivity index (χ3v) is 11.5. The number of carbonyl (C=O) groups is 9. The molecule has 3 aliphatic heterocycles. The van der Waals surface area contributed by atoms with Gasteiger partial charge in [0.15, 0.2) is 0 Å². The van der Waals surface area contributed by atoms with Crippen LogP contribution in [0, 0.1) is 42.4 Å². The number of carbonyl (C=O) groups excluding carboxylic acids is 9. The Morgan fingerprint density at radius 2 is 0.736 bits per heavy atom. The van der Waals surface area contributed by atoms with Crippen molar-refractivity contribution in [2.75, 3.05) is 79.1 Å². The van der Waals surface area contributed by atoms with E-state index in [1.165, 1.54) is 54.6 Å². The van der Waals surface area contributed by atoms with Crippen molar-refractivity contribution in [3.8, 4) is 37.0 Å². The van der Waals surface area contributed by atoms with Gasteiger partial charge in [0, 0.05) is 5.41 Å². The first-order valence-corrected chi connectivity index (χ1v) is 22.1. The minimum absolute atomic E-state index is 0.0272. The Morgan fingerprint density at radius 3 is 0.986 bits per heavy atom. The van der Waals surface area contributed by atoms with Crippen LogP contribution in [0.2, 0.25) is 0 Å². The normalized spacial score (nSPS) is 15.7. The second-order valence-corrected chi connectivity index (χ2v) is 16.6. The molecular weight excluding hydrogens is 943 g/mol. The summed E-state index contributed by atoms with van der Waals surface area (Å²) in [5.74, 6) is 0.198. The molecule has 0 spiro atoms. The zero-order valence-electron chi connectivity index (χ0n) is 38.7. The average molecular weight is 990 g/mol. The summed E-state index contributed by atoms with van der Waals surface area (Å²) in [5, 5.41) is 32.1. The van der Waals surface area contributed by atoms with E-state index in [4.69, 9.17) is 47.7 Å². The van der Waals surface area contributed by atoms with E-state index < -0.39 is 96.9 Å². The van der Waals surface area contributed by atoms with Gasteiger partial charge in [-0.3, -0.25) is 43.5 Å². The number of terminal acetylenes is 3. The predicted molar refractivity (Wildman–Crippen MR) is 246 cm³/mol. The van der Waals surface area contributed by atoms with E-state index in [2.05, 4.69) is 17.8 Å². The number of aliphatic hydroxyl groups excluding tert-OH is 3. The summed E-state index contributed by atoms with van der Waals surface area (Å²) in [5.41, 5.74) is -1.09. The van der Waals surface area contributed by atoms with E-state index in [9.17, 15) is 58.5 Å². The largest absolute Gasteiger partial charge is 0.459 e. The monoisotopic (exact) mass is 989 g/mol. The molecule has 21 heteroatoms. The number of ether oxygens (including phenoxy) is 6. The van der Waals surface area contributed by atoms with Crippen LogP contribution in [0.3, 0.4) is 0 Å². The van der Waals surface area contributed by atoms with Gasteiger partial charge in [0.1, 0.15) is 38.1 Å². The van der Waals surface area contributed by atoms with Crippen LogP contribution in [0.1, 0.15) is 107 Å². The highest BCUT2D eigenvalue weighted by Crippen LogP contribution is 2.28. The van der Waals surface area contributed by atoms with Crippen LogP contribution in [0.4, 0.5) is 0 Å². The molecule has 0 saturated carbocycles. The summed E-state index contributed by atoms with van der Waals surface area (Å²) < 4.78 is 33.2. The number of nitrogens with zero attached hydrogens (tertiary/aromatic N) is 3. The van der Waals surface area contributed by atoms with Crippen LogP contribution in [-0.2, 0) is 28.4 Å². The molecule has 374 valence electrons. The number of benzene rings is 3. The molecule has 0 radical (unpaired) electrons. The summed E-state index contributed by atoms with van der Waals surface area (Å²) in [6.07, 6.45) is 12.0. The summed E-state index contributed by atoms with van der Waals surface area (Å²) >= 11 is 0. The zero-order chi connectivity index (χ0) is 52.3. The van der Waals surface area contributed by atoms with Crippen molar-refractivity contribution in [1.82, 2.24) is 14.7 Å². The van der Waals surface area contributed by atoms with Gasteiger partial charge in [-0.1, -0.05) is 24.7 Å². The lowest BCUT2D eigenvalue weighted by molar-refractivity contribution is -0.108. The average Bonchev–Trinajstić information content (AvgIpc) is 3.87. The molecule has 72 heavy (non-hydrogen) atoms. The maximum Gasteiger partial charge on any atom is 0.338 e. The fraction of sp³-hybridized carbons (Fsp3) is 0.353. The lowest BCUT2D eigenvalue weighted by Crippen LogP contribution is -2.40. The topological polar surface area (TPSA) is 279 Å². The molecule has 3 heterocycles. The van der Waals surface area contributed by atoms with Crippen LogP contribution < -0.4 is 0 Å². The van der Waals surface area contributed by atoms with Crippen LogP contribution in [-0.4, -0.2) is 181 Å². The van der Waals surface area contributed by atoms with Crippen LogP contribution >= 0.6 is 0 Å². The number of hydrogen-bond donors (Lipinski definition) is 3. The lowest BCUT2D eigenvalue weighted by atomic mass is 9.88. The minimum Gasteiger partial charge on any atom is -0.459 e. The predicted octanol–water partition coefficient (Wildman–Crippen LogP) is 0.774. The molecule has 3 aromatic rings. The summed E-state index contributed by atoms with van der Waals surface area (Å²) in [6, 6.07) is 11.4. The Labute approximate surface area is 411 Å². The molecule has 0 aliphatic carbocycles. The molecule has 0 bridgehead atoms. The number of rotatable bonds is 25. The van der Waals surface area contributed by atoms with Gasteiger partial charge in [-0.05, 0) is 61.0 Å². The lowest BCUT2D eigenvalue weighted by Gasteiger charge is -2.33. The van der Waals surface area contributed by atoms with Gasteiger partial charge in [-0.2, -0.15) is 0 Å². The second kappa shape index (κ2) is 23.7. The molecule has 0 aromatic heterocycles. The first-order chi connectivity index (χ1) is 34.5. The Kier molecular flexibility index (Phi) is 17.5. The van der Waals surface area contributed by atoms with E-state index >= 15 is 0 Å². The Balaban J connectivity index is 1.02. The minimum atomic E-state index is -1.36. The first-order valence-electron chi connectivity index (χ1n) is 22.1. The van der Waals surface area contributed by atoms with E-state index in [0.717, 1.165) is 14.7 Å². The molecule has 0 fully saturated rings. The Bertz CT molecular complexity index is 2520. The first kappa shape index (κ1) is 53.3. The van der Waals surface area contributed by atoms with Crippen LogP contribution in [0.25, 0.3) is 0 Å². The molecule has 3 atom stereocenters. The second-order valence-electron chi connectivity index (χ2n) is 16.6. The highest BCUT2D eigenvalue weighted by Gasteiger charge is 2.38. The number of esters is 3. The van der Waals surface area contributed by atoms with Crippen LogP contribution in [0.5, 0.6) is 0 Å². The van der Waals surface area contributed by atoms with Gasteiger partial charge >= 0.3 is 17.9 Å². The molecule has 3 unspecified atom stereocenters. The number of hydrogen-bond acceptors (Lipinski definition) is 18. The van der Waals surface area contributed by atoms with Gasteiger partial charge in [0.05, 0.1) is 109 Å². The maximum absolute atomic E-state index is 12.9. The Hall–Kier alpha value is -8.07. The van der Waals surface area contributed by atoms with E-state index in [-0.39, 0.29) is 116 Å². The van der Waals surface area contributed by atoms with Crippen molar-refractivity contribution >= 4 is 53.4 Å². The number of aliphatic hydroxyl groups is 3. The standard InChI is InChI=1S/C51H47N3O18/c1-5-15-52-42(58)36-12-9-30(18-39(36)45(52)61)48(64)70-24-33(55)21-67-27-51(8-4,28-68-22-34(56)25-71-49(65)31-10-13-37-40(19-31)46(62)53(16-6-2)43(37)59)29-69-23-35(57)26-72-50(66)32-11-14-38-41(20-32)47(63)54(17-7-3)44(38)60/h1-3,9-14,18-20,33-35,55-57H,8,15-17,21-29H2,4H3. The van der Waals surface area contributed by atoms with Crippen molar-refractivity contribution in [1.29, 1.82) is 0 Å². The molecule has 3 aromatic carbocycles. The summed E-state index contributed by atoms with van der Waals surface area (Å²) in [6.45, 7) is -2.25. The molecule has 6 rings (SSSR count). The van der Waals surface area contributed by atoms with Gasteiger partial charge in [0.2, 0.25) is 0 Å². The zero-order valence-corrected chi connectivity index (χ0v) is 38.7. The third-order valence-electron chi connectivity index (χ3n) is 11.5. The molecule has 0 saturated heterocycles. The molecule has 3 N–H and O–H groups in total. The fourth-order valence-electron chi connectivity index (χ4n) is 7.53. The van der Waals surface area contributed by atoms with Crippen molar-refractivity contribution in [3.05, 3.63) is 105 Å². The fourth-order valence-corrected chi connectivity index (χ4v) is 7.53. The van der Waals surface area contributed by atoms with Crippen molar-refractivity contribution in [2.45, 2.75) is 31.7 Å². The van der Waals surface area contributed by atoms with Gasteiger partial charge in [-0.15, -0.1) is 19.3 Å². The summed E-state index contributed by atoms with van der Waals surface area (Å²) in [4.78, 5) is 117. The maximum atomic E-state index is 12.9. The molecule has 6 amide bonds. The molecule has 3 aliphatic rings. The van der Waals surface area contributed by atoms with Gasteiger partial charge < -0.3 is 43.7 Å². The highest BCUT2D eigenvalue weighted by molar-refractivity contribution is 6.23. The van der Waals surface area contributed by atoms with E-state index in [1.807, 2.05) is 0 Å². The number of fused-ring (bicyclic) bond motifs is 3. The van der Waals surface area contributed by atoms with Gasteiger partial charge in [0.25, 0.3) is 35.4 Å². The van der Waals surface area contributed by atoms with E-state index in [0.29, 0.717) is 0 Å². The highest BCUT2D eigenvalue weighted by atomic mass is 16.6. The van der Waals surface area contributed by atoms with E-state index in [1.54, 1.807) is 6.92 Å². The molecule has 21 nitrogen and oxygen atoms in total.